The lowest BCUT2D eigenvalue weighted by Crippen LogP contribution is -1.92. The summed E-state index contributed by atoms with van der Waals surface area (Å²) in [5, 5.41) is 10.6. The molecule has 0 saturated heterocycles. The number of nitrogens with one attached hydrogen (secondary N) is 1. The second-order valence-electron chi connectivity index (χ2n) is 3.68. The molecule has 3 heterocycles. The molecule has 0 radical (unpaired) electrons. The van der Waals surface area contributed by atoms with Crippen LogP contribution in [0.1, 0.15) is 5.56 Å². The zero-order valence-electron chi connectivity index (χ0n) is 8.61. The van der Waals surface area contributed by atoms with Crippen LogP contribution in [-0.4, -0.2) is 19.8 Å². The molecule has 0 aromatic carbocycles. The van der Waals surface area contributed by atoms with E-state index >= 15 is 0 Å². The van der Waals surface area contributed by atoms with Crippen molar-refractivity contribution in [2.24, 2.45) is 0 Å². The van der Waals surface area contributed by atoms with E-state index in [2.05, 4.69) is 15.3 Å². The lowest BCUT2D eigenvalue weighted by Gasteiger charge is -2.01. The molecule has 0 unspecified atom stereocenters. The monoisotopic (exact) mass is 216 g/mol. The van der Waals surface area contributed by atoms with Crippen molar-refractivity contribution in [2.75, 3.05) is 0 Å². The molecule has 3 aromatic rings. The molecule has 0 atom stereocenters. The molecule has 0 bridgehead atoms. The maximum atomic E-state index is 13.8. The molecule has 1 N–H and O–H groups in total. The summed E-state index contributed by atoms with van der Waals surface area (Å²) in [5.74, 6) is -0.270. The number of fused-ring (bicyclic) bond motifs is 1. The van der Waals surface area contributed by atoms with E-state index < -0.39 is 0 Å². The van der Waals surface area contributed by atoms with Gasteiger partial charge in [0.1, 0.15) is 11.3 Å². The van der Waals surface area contributed by atoms with Crippen LogP contribution in [-0.2, 0) is 0 Å². The largest absolute Gasteiger partial charge is 0.285 e. The summed E-state index contributed by atoms with van der Waals surface area (Å²) in [5.41, 5.74) is 2.94. The molecule has 0 aliphatic rings. The number of halogens is 1. The van der Waals surface area contributed by atoms with Crippen molar-refractivity contribution in [3.8, 4) is 11.1 Å². The van der Waals surface area contributed by atoms with E-state index in [0.717, 1.165) is 16.7 Å². The van der Waals surface area contributed by atoms with Gasteiger partial charge in [-0.2, -0.15) is 10.2 Å². The molecule has 0 saturated carbocycles. The molecular weight excluding hydrogens is 207 g/mol. The summed E-state index contributed by atoms with van der Waals surface area (Å²) >= 11 is 0. The van der Waals surface area contributed by atoms with Crippen LogP contribution in [0.4, 0.5) is 4.39 Å². The standard InChI is InChI=1S/C11H9FN4/c1-7-3-15-16-6-8(2-10(12)11(7)16)9-4-13-14-5-9/h2-6H,1H3,(H,13,14). The molecule has 3 aromatic heterocycles. The quantitative estimate of drug-likeness (QED) is 0.677. The van der Waals surface area contributed by atoms with Crippen LogP contribution in [0.15, 0.2) is 30.9 Å². The minimum Gasteiger partial charge on any atom is -0.285 e. The number of H-pyrrole nitrogens is 1. The van der Waals surface area contributed by atoms with Gasteiger partial charge in [0.15, 0.2) is 0 Å². The van der Waals surface area contributed by atoms with Crippen LogP contribution in [0.2, 0.25) is 0 Å². The smallest absolute Gasteiger partial charge is 0.149 e. The van der Waals surface area contributed by atoms with Gasteiger partial charge in [-0.05, 0) is 18.6 Å². The molecule has 16 heavy (non-hydrogen) atoms. The summed E-state index contributed by atoms with van der Waals surface area (Å²) in [6, 6.07) is 1.49. The van der Waals surface area contributed by atoms with Gasteiger partial charge in [-0.3, -0.25) is 5.10 Å². The average molecular weight is 216 g/mol. The van der Waals surface area contributed by atoms with E-state index in [-0.39, 0.29) is 5.82 Å². The highest BCUT2D eigenvalue weighted by atomic mass is 19.1. The summed E-state index contributed by atoms with van der Waals surface area (Å²) in [6.45, 7) is 1.84. The first-order chi connectivity index (χ1) is 7.75. The third kappa shape index (κ3) is 1.21. The summed E-state index contributed by atoms with van der Waals surface area (Å²) < 4.78 is 15.4. The first-order valence-corrected chi connectivity index (χ1v) is 4.88. The molecule has 80 valence electrons. The van der Waals surface area contributed by atoms with Crippen molar-refractivity contribution in [3.05, 3.63) is 42.2 Å². The molecule has 4 nitrogen and oxygen atoms in total. The van der Waals surface area contributed by atoms with E-state index in [1.165, 1.54) is 6.07 Å². The van der Waals surface area contributed by atoms with Gasteiger partial charge in [-0.1, -0.05) is 0 Å². The number of hydrogen-bond donors (Lipinski definition) is 1. The van der Waals surface area contributed by atoms with Crippen LogP contribution in [0, 0.1) is 12.7 Å². The van der Waals surface area contributed by atoms with Crippen LogP contribution >= 0.6 is 0 Å². The van der Waals surface area contributed by atoms with E-state index in [9.17, 15) is 4.39 Å². The Kier molecular flexibility index (Phi) is 1.80. The Morgan fingerprint density at radius 1 is 1.31 bits per heavy atom. The third-order valence-corrected chi connectivity index (χ3v) is 2.58. The zero-order chi connectivity index (χ0) is 11.1. The lowest BCUT2D eigenvalue weighted by molar-refractivity contribution is 0.630. The minimum atomic E-state index is -0.270. The number of nitrogens with zero attached hydrogens (tertiary/aromatic N) is 3. The second kappa shape index (κ2) is 3.16. The second-order valence-corrected chi connectivity index (χ2v) is 3.68. The first kappa shape index (κ1) is 9.08. The highest BCUT2D eigenvalue weighted by molar-refractivity contribution is 5.66. The predicted octanol–water partition coefficient (Wildman–Crippen LogP) is 2.17. The molecular formula is C11H9FN4. The fourth-order valence-electron chi connectivity index (χ4n) is 1.78. The van der Waals surface area contributed by atoms with E-state index in [1.807, 2.05) is 6.92 Å². The fraction of sp³-hybridized carbons (Fsp3) is 0.0909. The third-order valence-electron chi connectivity index (χ3n) is 2.58. The maximum absolute atomic E-state index is 13.8. The Bertz CT molecular complexity index is 639. The Balaban J connectivity index is 2.30. The summed E-state index contributed by atoms with van der Waals surface area (Å²) in [6.07, 6.45) is 6.81. The van der Waals surface area contributed by atoms with Crippen LogP contribution in [0.25, 0.3) is 16.6 Å². The molecule has 0 aliphatic heterocycles. The molecule has 0 spiro atoms. The van der Waals surface area contributed by atoms with Gasteiger partial charge in [-0.15, -0.1) is 0 Å². The van der Waals surface area contributed by atoms with Gasteiger partial charge in [0.25, 0.3) is 0 Å². The SMILES string of the molecule is Cc1cnn2cc(-c3cn[nH]c3)cc(F)c12. The van der Waals surface area contributed by atoms with Crippen LogP contribution in [0.5, 0.6) is 0 Å². The number of rotatable bonds is 1. The van der Waals surface area contributed by atoms with Crippen molar-refractivity contribution in [1.82, 2.24) is 19.8 Å². The fourth-order valence-corrected chi connectivity index (χ4v) is 1.78. The predicted molar refractivity (Wildman–Crippen MR) is 57.5 cm³/mol. The Labute approximate surface area is 90.7 Å². The molecule has 0 fully saturated rings. The topological polar surface area (TPSA) is 46.0 Å². The molecule has 5 heteroatoms. The zero-order valence-corrected chi connectivity index (χ0v) is 8.61. The average Bonchev–Trinajstić information content (AvgIpc) is 2.87. The van der Waals surface area contributed by atoms with Gasteiger partial charge in [0, 0.05) is 23.5 Å². The number of aromatic nitrogens is 4. The Morgan fingerprint density at radius 3 is 2.94 bits per heavy atom. The highest BCUT2D eigenvalue weighted by Gasteiger charge is 2.09. The molecule has 0 amide bonds. The molecule has 0 aliphatic carbocycles. The number of pyridine rings is 1. The van der Waals surface area contributed by atoms with E-state index in [1.54, 1.807) is 29.3 Å². The highest BCUT2D eigenvalue weighted by Crippen LogP contribution is 2.22. The number of aryl methyl sites for hydroxylation is 1. The Hall–Kier alpha value is -2.17. The van der Waals surface area contributed by atoms with Crippen molar-refractivity contribution in [3.63, 3.8) is 0 Å². The van der Waals surface area contributed by atoms with Crippen molar-refractivity contribution in [1.29, 1.82) is 0 Å². The van der Waals surface area contributed by atoms with Crippen LogP contribution in [0.3, 0.4) is 0 Å². The minimum absolute atomic E-state index is 0.270. The van der Waals surface area contributed by atoms with Gasteiger partial charge >= 0.3 is 0 Å². The van der Waals surface area contributed by atoms with E-state index in [4.69, 9.17) is 0 Å². The summed E-state index contributed by atoms with van der Waals surface area (Å²) in [4.78, 5) is 0. The van der Waals surface area contributed by atoms with Gasteiger partial charge in [0.2, 0.25) is 0 Å². The van der Waals surface area contributed by atoms with E-state index in [0.29, 0.717) is 5.52 Å². The Morgan fingerprint density at radius 2 is 2.19 bits per heavy atom. The summed E-state index contributed by atoms with van der Waals surface area (Å²) in [7, 11) is 0. The van der Waals surface area contributed by atoms with Gasteiger partial charge in [-0.25, -0.2) is 8.91 Å². The normalized spacial score (nSPS) is 11.1. The van der Waals surface area contributed by atoms with Crippen molar-refractivity contribution >= 4 is 5.52 Å². The van der Waals surface area contributed by atoms with Gasteiger partial charge in [0.05, 0.1) is 12.4 Å². The lowest BCUT2D eigenvalue weighted by atomic mass is 10.1. The van der Waals surface area contributed by atoms with Crippen molar-refractivity contribution < 1.29 is 4.39 Å². The molecule has 3 rings (SSSR count). The number of aromatic amines is 1. The first-order valence-electron chi connectivity index (χ1n) is 4.88. The number of hydrogen-bond acceptors (Lipinski definition) is 2. The van der Waals surface area contributed by atoms with Gasteiger partial charge < -0.3 is 0 Å². The maximum Gasteiger partial charge on any atom is 0.149 e. The van der Waals surface area contributed by atoms with Crippen LogP contribution < -0.4 is 0 Å². The van der Waals surface area contributed by atoms with Crippen molar-refractivity contribution in [2.45, 2.75) is 6.92 Å².